The number of anilines is 2. The van der Waals surface area contributed by atoms with Crippen molar-refractivity contribution in [3.05, 3.63) is 96.6 Å². The summed E-state index contributed by atoms with van der Waals surface area (Å²) in [6, 6.07) is 28.0. The van der Waals surface area contributed by atoms with Gasteiger partial charge in [0.2, 0.25) is 0 Å². The van der Waals surface area contributed by atoms with Crippen LogP contribution < -0.4 is 24.8 Å². The molecule has 0 aliphatic heterocycles. The number of amides is 1. The fraction of sp³-hybridized carbons (Fsp3) is 0.138. The first-order valence-electron chi connectivity index (χ1n) is 11.7. The number of ether oxygens (including phenoxy) is 2. The molecule has 0 aromatic heterocycles. The van der Waals surface area contributed by atoms with Crippen LogP contribution in [0.2, 0.25) is 0 Å². The van der Waals surface area contributed by atoms with Crippen molar-refractivity contribution in [1.29, 1.82) is 0 Å². The summed E-state index contributed by atoms with van der Waals surface area (Å²) in [5.74, 6) is 1.47. The lowest BCUT2D eigenvalue weighted by molar-refractivity contribution is 0.0955. The molecule has 0 saturated carbocycles. The van der Waals surface area contributed by atoms with Crippen LogP contribution in [0.15, 0.2) is 95.9 Å². The minimum Gasteiger partial charge on any atom is -0.507 e. The third-order valence-corrected chi connectivity index (χ3v) is 6.47. The number of carbonyl (C=O) groups excluding carboxylic acids is 1. The maximum atomic E-state index is 12.4. The van der Waals surface area contributed by atoms with Gasteiger partial charge in [-0.1, -0.05) is 36.4 Å². The van der Waals surface area contributed by atoms with Crippen molar-refractivity contribution in [3.8, 4) is 28.4 Å². The number of hydrogen-bond acceptors (Lipinski definition) is 7. The normalized spacial score (nSPS) is 10.4. The Labute approximate surface area is 221 Å². The van der Waals surface area contributed by atoms with Gasteiger partial charge in [-0.25, -0.2) is 0 Å². The van der Waals surface area contributed by atoms with Crippen LogP contribution in [-0.2, 0) is 0 Å². The van der Waals surface area contributed by atoms with Crippen molar-refractivity contribution < 1.29 is 19.4 Å². The Morgan fingerprint density at radius 1 is 0.838 bits per heavy atom. The Kier molecular flexibility index (Phi) is 8.78. The molecule has 0 bridgehead atoms. The number of para-hydroxylation sites is 1. The molecular formula is C29H29N3O4S. The standard InChI is InChI=1S/C29H29N3O4S/c1-35-24-10-5-7-21(17-24)29(34)31-16-15-30-22-8-6-9-23(19-22)32-37-28-18-20(13-14-27(28)36-2)25-11-3-4-12-26(25)33/h3-14,17-19,30,32-33H,15-16H2,1-2H3,(H,31,34). The molecule has 0 unspecified atom stereocenters. The zero-order chi connectivity index (χ0) is 26.0. The first kappa shape index (κ1) is 25.8. The molecule has 0 aliphatic rings. The van der Waals surface area contributed by atoms with Gasteiger partial charge in [0.25, 0.3) is 5.91 Å². The van der Waals surface area contributed by atoms with Gasteiger partial charge in [0.15, 0.2) is 0 Å². The van der Waals surface area contributed by atoms with E-state index in [1.807, 2.05) is 54.6 Å². The van der Waals surface area contributed by atoms with E-state index in [1.54, 1.807) is 50.6 Å². The van der Waals surface area contributed by atoms with Crippen molar-refractivity contribution in [2.75, 3.05) is 37.3 Å². The molecule has 1 amide bonds. The van der Waals surface area contributed by atoms with Crippen LogP contribution in [-0.4, -0.2) is 38.3 Å². The lowest BCUT2D eigenvalue weighted by Crippen LogP contribution is -2.28. The topological polar surface area (TPSA) is 91.9 Å². The first-order chi connectivity index (χ1) is 18.1. The van der Waals surface area contributed by atoms with E-state index in [1.165, 1.54) is 11.9 Å². The molecule has 4 aromatic carbocycles. The predicted molar refractivity (Wildman–Crippen MR) is 150 cm³/mol. The quantitative estimate of drug-likeness (QED) is 0.143. The van der Waals surface area contributed by atoms with Crippen molar-refractivity contribution in [2.45, 2.75) is 4.90 Å². The molecule has 4 N–H and O–H groups in total. The Morgan fingerprint density at radius 3 is 2.46 bits per heavy atom. The lowest BCUT2D eigenvalue weighted by atomic mass is 10.0. The van der Waals surface area contributed by atoms with Crippen LogP contribution in [0, 0.1) is 0 Å². The van der Waals surface area contributed by atoms with Crippen LogP contribution in [0.3, 0.4) is 0 Å². The maximum Gasteiger partial charge on any atom is 0.251 e. The van der Waals surface area contributed by atoms with Gasteiger partial charge in [-0.3, -0.25) is 4.79 Å². The van der Waals surface area contributed by atoms with Gasteiger partial charge in [0.05, 0.1) is 19.1 Å². The summed E-state index contributed by atoms with van der Waals surface area (Å²) in [6.07, 6.45) is 0. The largest absolute Gasteiger partial charge is 0.507 e. The lowest BCUT2D eigenvalue weighted by Gasteiger charge is -2.13. The van der Waals surface area contributed by atoms with Gasteiger partial charge in [-0.05, 0) is 72.1 Å². The number of methoxy groups -OCH3 is 2. The Balaban J connectivity index is 1.33. The van der Waals surface area contributed by atoms with Crippen LogP contribution in [0.25, 0.3) is 11.1 Å². The molecule has 0 radical (unpaired) electrons. The second-order valence-electron chi connectivity index (χ2n) is 8.08. The number of hydrogen-bond donors (Lipinski definition) is 4. The Morgan fingerprint density at radius 2 is 1.65 bits per heavy atom. The molecule has 0 fully saturated rings. The van der Waals surface area contributed by atoms with E-state index in [-0.39, 0.29) is 11.7 Å². The van der Waals surface area contributed by atoms with Crippen LogP contribution in [0.5, 0.6) is 17.2 Å². The van der Waals surface area contributed by atoms with Crippen molar-refractivity contribution >= 4 is 29.2 Å². The number of aromatic hydroxyl groups is 1. The zero-order valence-corrected chi connectivity index (χ0v) is 21.5. The highest BCUT2D eigenvalue weighted by Crippen LogP contribution is 2.37. The molecule has 8 heteroatoms. The second kappa shape index (κ2) is 12.6. The molecule has 7 nitrogen and oxygen atoms in total. The van der Waals surface area contributed by atoms with E-state index >= 15 is 0 Å². The minimum atomic E-state index is -0.146. The predicted octanol–water partition coefficient (Wildman–Crippen LogP) is 6.04. The van der Waals surface area contributed by atoms with E-state index in [0.717, 1.165) is 33.1 Å². The molecule has 0 spiro atoms. The van der Waals surface area contributed by atoms with E-state index < -0.39 is 0 Å². The third-order valence-electron chi connectivity index (χ3n) is 5.59. The molecule has 4 aromatic rings. The summed E-state index contributed by atoms with van der Waals surface area (Å²) in [4.78, 5) is 13.2. The Bertz CT molecular complexity index is 1360. The van der Waals surface area contributed by atoms with Crippen LogP contribution in [0.4, 0.5) is 11.4 Å². The third kappa shape index (κ3) is 6.89. The number of phenols is 1. The average molecular weight is 516 g/mol. The van der Waals surface area contributed by atoms with E-state index in [4.69, 9.17) is 9.47 Å². The van der Waals surface area contributed by atoms with Gasteiger partial charge in [0.1, 0.15) is 17.2 Å². The van der Waals surface area contributed by atoms with Gasteiger partial charge < -0.3 is 29.9 Å². The molecule has 4 rings (SSSR count). The number of benzene rings is 4. The monoisotopic (exact) mass is 515 g/mol. The number of nitrogens with one attached hydrogen (secondary N) is 3. The average Bonchev–Trinajstić information content (AvgIpc) is 2.94. The van der Waals surface area contributed by atoms with E-state index in [0.29, 0.717) is 24.4 Å². The molecular weight excluding hydrogens is 486 g/mol. The Hall–Kier alpha value is -4.30. The molecule has 37 heavy (non-hydrogen) atoms. The summed E-state index contributed by atoms with van der Waals surface area (Å²) in [6.45, 7) is 1.04. The highest BCUT2D eigenvalue weighted by atomic mass is 32.2. The fourth-order valence-corrected chi connectivity index (χ4v) is 4.49. The van der Waals surface area contributed by atoms with Crippen LogP contribution >= 0.6 is 11.9 Å². The van der Waals surface area contributed by atoms with Crippen molar-refractivity contribution in [2.24, 2.45) is 0 Å². The summed E-state index contributed by atoms with van der Waals surface area (Å²) in [5.41, 5.74) is 4.05. The molecule has 190 valence electrons. The van der Waals surface area contributed by atoms with E-state index in [2.05, 4.69) is 15.4 Å². The van der Waals surface area contributed by atoms with Crippen molar-refractivity contribution in [3.63, 3.8) is 0 Å². The zero-order valence-electron chi connectivity index (χ0n) is 20.7. The smallest absolute Gasteiger partial charge is 0.251 e. The molecule has 0 aliphatic carbocycles. The molecule has 0 saturated heterocycles. The molecule has 0 atom stereocenters. The number of phenolic OH excluding ortho intramolecular Hbond substituents is 1. The van der Waals surface area contributed by atoms with E-state index in [9.17, 15) is 9.90 Å². The summed E-state index contributed by atoms with van der Waals surface area (Å²) < 4.78 is 14.1. The summed E-state index contributed by atoms with van der Waals surface area (Å²) in [7, 11) is 3.21. The number of carbonyl (C=O) groups is 1. The summed E-state index contributed by atoms with van der Waals surface area (Å²) in [5, 5.41) is 16.5. The highest BCUT2D eigenvalue weighted by Gasteiger charge is 2.10. The first-order valence-corrected chi connectivity index (χ1v) is 12.5. The summed E-state index contributed by atoms with van der Waals surface area (Å²) >= 11 is 1.43. The SMILES string of the molecule is COc1cccc(C(=O)NCCNc2cccc(NSc3cc(-c4ccccc4O)ccc3OC)c2)c1. The molecule has 0 heterocycles. The van der Waals surface area contributed by atoms with Gasteiger partial charge in [-0.2, -0.15) is 0 Å². The van der Waals surface area contributed by atoms with Crippen LogP contribution in [0.1, 0.15) is 10.4 Å². The van der Waals surface area contributed by atoms with Gasteiger partial charge in [0, 0.05) is 35.6 Å². The fourth-order valence-electron chi connectivity index (χ4n) is 3.70. The number of rotatable bonds is 11. The highest BCUT2D eigenvalue weighted by molar-refractivity contribution is 8.00. The van der Waals surface area contributed by atoms with Gasteiger partial charge >= 0.3 is 0 Å². The maximum absolute atomic E-state index is 12.4. The van der Waals surface area contributed by atoms with Crippen molar-refractivity contribution in [1.82, 2.24) is 5.32 Å². The minimum absolute atomic E-state index is 0.146. The second-order valence-corrected chi connectivity index (χ2v) is 8.93. The van der Waals surface area contributed by atoms with Gasteiger partial charge in [-0.15, -0.1) is 0 Å².